The predicted octanol–water partition coefficient (Wildman–Crippen LogP) is 2.18. The van der Waals surface area contributed by atoms with Gasteiger partial charge in [0.1, 0.15) is 11.6 Å². The SMILES string of the molecule is Oc1cc(C=c2cnn3c(=NC4CC4)cc(Nc4ccc(O)c(Cl)c4)nc23)c(O)[nH]1. The molecule has 10 heteroatoms. The number of phenols is 1. The summed E-state index contributed by atoms with van der Waals surface area (Å²) < 4.78 is 1.64. The fourth-order valence-electron chi connectivity index (χ4n) is 3.07. The number of anilines is 2. The van der Waals surface area contributed by atoms with Crippen molar-refractivity contribution in [3.63, 3.8) is 0 Å². The Labute approximate surface area is 174 Å². The highest BCUT2D eigenvalue weighted by molar-refractivity contribution is 6.32. The second-order valence-electron chi connectivity index (χ2n) is 7.09. The number of fused-ring (bicyclic) bond motifs is 1. The maximum atomic E-state index is 9.92. The summed E-state index contributed by atoms with van der Waals surface area (Å²) >= 11 is 6.00. The lowest BCUT2D eigenvalue weighted by Gasteiger charge is -2.07. The van der Waals surface area contributed by atoms with Crippen LogP contribution in [0.2, 0.25) is 5.02 Å². The molecule has 9 nitrogen and oxygen atoms in total. The Bertz CT molecular complexity index is 1390. The number of hydrogen-bond acceptors (Lipinski definition) is 7. The number of hydrogen-bond donors (Lipinski definition) is 5. The number of phenolic OH excluding ortho intramolecular Hbond substituents is 1. The first kappa shape index (κ1) is 18.3. The molecule has 5 rings (SSSR count). The maximum Gasteiger partial charge on any atom is 0.198 e. The minimum Gasteiger partial charge on any atom is -0.506 e. The Morgan fingerprint density at radius 3 is 2.73 bits per heavy atom. The van der Waals surface area contributed by atoms with Crippen molar-refractivity contribution in [2.75, 3.05) is 5.32 Å². The van der Waals surface area contributed by atoms with Gasteiger partial charge in [0.25, 0.3) is 0 Å². The van der Waals surface area contributed by atoms with Crippen LogP contribution in [0.3, 0.4) is 0 Å². The Morgan fingerprint density at radius 2 is 2.03 bits per heavy atom. The van der Waals surface area contributed by atoms with Crippen molar-refractivity contribution >= 4 is 34.8 Å². The van der Waals surface area contributed by atoms with Gasteiger partial charge in [0.05, 0.1) is 17.3 Å². The molecule has 0 spiro atoms. The topological polar surface area (TPSA) is 131 Å². The molecule has 0 aliphatic heterocycles. The third kappa shape index (κ3) is 3.50. The molecular weight excluding hydrogens is 408 g/mol. The first-order valence-electron chi connectivity index (χ1n) is 9.27. The van der Waals surface area contributed by atoms with Crippen molar-refractivity contribution in [2.45, 2.75) is 18.9 Å². The molecule has 1 aliphatic carbocycles. The number of aromatic amines is 1. The number of nitrogens with one attached hydrogen (secondary N) is 2. The van der Waals surface area contributed by atoms with Crippen LogP contribution in [0.5, 0.6) is 17.5 Å². The van der Waals surface area contributed by atoms with E-state index < -0.39 is 0 Å². The highest BCUT2D eigenvalue weighted by Crippen LogP contribution is 2.27. The van der Waals surface area contributed by atoms with E-state index in [1.165, 1.54) is 12.1 Å². The molecule has 0 unspecified atom stereocenters. The number of nitrogens with zero attached hydrogens (tertiary/aromatic N) is 4. The molecule has 1 fully saturated rings. The van der Waals surface area contributed by atoms with Gasteiger partial charge in [-0.25, -0.2) is 4.98 Å². The van der Waals surface area contributed by atoms with Crippen LogP contribution in [-0.4, -0.2) is 40.9 Å². The predicted molar refractivity (Wildman–Crippen MR) is 111 cm³/mol. The molecule has 0 bridgehead atoms. The lowest BCUT2D eigenvalue weighted by atomic mass is 10.2. The average Bonchev–Trinajstić information content (AvgIpc) is 3.34. The van der Waals surface area contributed by atoms with Gasteiger partial charge in [0, 0.05) is 28.6 Å². The summed E-state index contributed by atoms with van der Waals surface area (Å²) in [6, 6.07) is 8.27. The van der Waals surface area contributed by atoms with E-state index in [1.807, 2.05) is 0 Å². The smallest absolute Gasteiger partial charge is 0.198 e. The maximum absolute atomic E-state index is 9.92. The molecule has 3 heterocycles. The Hall–Kier alpha value is -3.72. The minimum absolute atomic E-state index is 0.00251. The summed E-state index contributed by atoms with van der Waals surface area (Å²) in [5, 5.41) is 37.5. The van der Waals surface area contributed by atoms with E-state index in [1.54, 1.807) is 35.0 Å². The van der Waals surface area contributed by atoms with Crippen LogP contribution in [-0.2, 0) is 0 Å². The second-order valence-corrected chi connectivity index (χ2v) is 7.50. The van der Waals surface area contributed by atoms with E-state index in [-0.39, 0.29) is 28.6 Å². The number of rotatable bonds is 4. The fourth-order valence-corrected chi connectivity index (χ4v) is 3.25. The monoisotopic (exact) mass is 424 g/mol. The van der Waals surface area contributed by atoms with Crippen LogP contribution in [0, 0.1) is 0 Å². The molecule has 30 heavy (non-hydrogen) atoms. The lowest BCUT2D eigenvalue weighted by molar-refractivity contribution is 0.425. The first-order valence-corrected chi connectivity index (χ1v) is 9.65. The Balaban J connectivity index is 1.66. The van der Waals surface area contributed by atoms with E-state index in [0.717, 1.165) is 12.8 Å². The molecule has 1 aromatic carbocycles. The van der Waals surface area contributed by atoms with Crippen molar-refractivity contribution in [1.82, 2.24) is 19.6 Å². The fraction of sp³-hybridized carbons (Fsp3) is 0.150. The van der Waals surface area contributed by atoms with E-state index in [4.69, 9.17) is 16.6 Å². The summed E-state index contributed by atoms with van der Waals surface area (Å²) in [5.74, 6) is 0.235. The van der Waals surface area contributed by atoms with Gasteiger partial charge < -0.3 is 20.6 Å². The molecule has 1 saturated carbocycles. The number of H-pyrrole nitrogens is 1. The van der Waals surface area contributed by atoms with Crippen molar-refractivity contribution in [1.29, 1.82) is 0 Å². The average molecular weight is 425 g/mol. The second kappa shape index (κ2) is 6.96. The third-order valence-corrected chi connectivity index (χ3v) is 4.99. The molecule has 3 aromatic heterocycles. The minimum atomic E-state index is -0.150. The van der Waals surface area contributed by atoms with Crippen molar-refractivity contribution in [2.24, 2.45) is 4.99 Å². The van der Waals surface area contributed by atoms with Gasteiger partial charge in [0.2, 0.25) is 0 Å². The standard InChI is InChI=1S/C20H17ClN6O3/c21-14-7-13(3-4-15(14)28)23-16-8-17(24-12-1-2-12)27-19(25-16)11(9-22-27)5-10-6-18(29)26-20(10)30/h3-9,12,23,26,28-30H,1-2H2. The molecular formula is C20H17ClN6O3. The van der Waals surface area contributed by atoms with E-state index in [9.17, 15) is 15.3 Å². The van der Waals surface area contributed by atoms with Crippen molar-refractivity contribution in [3.05, 3.63) is 57.8 Å². The van der Waals surface area contributed by atoms with Crippen molar-refractivity contribution in [3.8, 4) is 17.5 Å². The van der Waals surface area contributed by atoms with Crippen LogP contribution in [0.15, 0.2) is 41.5 Å². The molecule has 1 aliphatic rings. The summed E-state index contributed by atoms with van der Waals surface area (Å²) in [6.07, 6.45) is 5.37. The van der Waals surface area contributed by atoms with Gasteiger partial charge in [-0.3, -0.25) is 9.98 Å². The van der Waals surface area contributed by atoms with Gasteiger partial charge in [0.15, 0.2) is 22.9 Å². The summed E-state index contributed by atoms with van der Waals surface area (Å²) in [6.45, 7) is 0. The number of aromatic hydroxyl groups is 3. The highest BCUT2D eigenvalue weighted by atomic mass is 35.5. The number of aromatic nitrogens is 4. The largest absolute Gasteiger partial charge is 0.506 e. The van der Waals surface area contributed by atoms with E-state index in [0.29, 0.717) is 33.4 Å². The molecule has 4 aromatic rings. The molecule has 5 N–H and O–H groups in total. The van der Waals surface area contributed by atoms with Crippen LogP contribution in [0.25, 0.3) is 11.7 Å². The van der Waals surface area contributed by atoms with Crippen LogP contribution < -0.4 is 16.0 Å². The van der Waals surface area contributed by atoms with Gasteiger partial charge in [-0.2, -0.15) is 9.61 Å². The Kier molecular flexibility index (Phi) is 4.25. The van der Waals surface area contributed by atoms with Gasteiger partial charge in [-0.15, -0.1) is 0 Å². The number of halogens is 1. The normalized spacial score (nSPS) is 15.2. The molecule has 0 atom stereocenters. The van der Waals surface area contributed by atoms with E-state index >= 15 is 0 Å². The summed E-state index contributed by atoms with van der Waals surface area (Å²) in [4.78, 5) is 11.8. The molecule has 152 valence electrons. The highest BCUT2D eigenvalue weighted by Gasteiger charge is 2.20. The van der Waals surface area contributed by atoms with Gasteiger partial charge in [-0.05, 0) is 37.1 Å². The zero-order valence-electron chi connectivity index (χ0n) is 15.5. The van der Waals surface area contributed by atoms with E-state index in [2.05, 4.69) is 20.4 Å². The summed E-state index contributed by atoms with van der Waals surface area (Å²) in [7, 11) is 0. The van der Waals surface area contributed by atoms with Gasteiger partial charge >= 0.3 is 0 Å². The summed E-state index contributed by atoms with van der Waals surface area (Å²) in [5.41, 5.74) is 2.25. The Morgan fingerprint density at radius 1 is 1.20 bits per heavy atom. The van der Waals surface area contributed by atoms with Crippen molar-refractivity contribution < 1.29 is 15.3 Å². The van der Waals surface area contributed by atoms with Gasteiger partial charge in [-0.1, -0.05) is 11.6 Å². The molecule has 0 radical (unpaired) electrons. The molecule has 0 amide bonds. The number of benzene rings is 1. The van der Waals surface area contributed by atoms with Crippen LogP contribution in [0.1, 0.15) is 18.4 Å². The zero-order valence-corrected chi connectivity index (χ0v) is 16.3. The lowest BCUT2D eigenvalue weighted by Crippen LogP contribution is -2.19. The van der Waals surface area contributed by atoms with Crippen LogP contribution in [0.4, 0.5) is 11.5 Å². The zero-order chi connectivity index (χ0) is 20.8. The third-order valence-electron chi connectivity index (χ3n) is 4.69. The molecule has 0 saturated heterocycles. The quantitative estimate of drug-likeness (QED) is 0.319. The van der Waals surface area contributed by atoms with Crippen LogP contribution >= 0.6 is 11.6 Å². The first-order chi connectivity index (χ1) is 14.5.